The first-order valence-corrected chi connectivity index (χ1v) is 12.3. The Bertz CT molecular complexity index is 1000. The average molecular weight is 459 g/mol. The van der Waals surface area contributed by atoms with Gasteiger partial charge < -0.3 is 10.6 Å². The normalized spacial score (nSPS) is 16.5. The molecule has 2 heterocycles. The minimum atomic E-state index is -3.56. The molecule has 8 nitrogen and oxygen atoms in total. The molecule has 32 heavy (non-hydrogen) atoms. The first-order chi connectivity index (χ1) is 15.3. The molecule has 0 spiro atoms. The molecule has 1 fully saturated rings. The minimum Gasteiger partial charge on any atom is -0.349 e. The Morgan fingerprint density at radius 2 is 1.72 bits per heavy atom. The number of carbonyl (C=O) groups excluding carboxylic acids is 2. The molecule has 0 aliphatic carbocycles. The number of pyridine rings is 1. The second-order valence-corrected chi connectivity index (χ2v) is 10.2. The van der Waals surface area contributed by atoms with E-state index < -0.39 is 16.1 Å². The molecule has 1 aliphatic heterocycles. The number of amides is 2. The Labute approximate surface area is 189 Å². The van der Waals surface area contributed by atoms with Crippen LogP contribution in [0.15, 0.2) is 59.6 Å². The summed E-state index contributed by atoms with van der Waals surface area (Å²) in [6.07, 6.45) is 2.49. The van der Waals surface area contributed by atoms with Crippen molar-refractivity contribution in [2.24, 2.45) is 11.8 Å². The number of carbonyl (C=O) groups is 2. The highest BCUT2D eigenvalue weighted by Crippen LogP contribution is 2.24. The molecule has 2 amide bonds. The van der Waals surface area contributed by atoms with Crippen LogP contribution in [0.4, 0.5) is 0 Å². The number of piperidine rings is 1. The monoisotopic (exact) mass is 458 g/mol. The van der Waals surface area contributed by atoms with Crippen LogP contribution in [0.3, 0.4) is 0 Å². The Morgan fingerprint density at radius 3 is 2.31 bits per heavy atom. The van der Waals surface area contributed by atoms with Crippen LogP contribution in [-0.4, -0.2) is 48.7 Å². The number of rotatable bonds is 8. The highest BCUT2D eigenvalue weighted by molar-refractivity contribution is 7.89. The molecule has 2 aromatic rings. The van der Waals surface area contributed by atoms with Gasteiger partial charge in [-0.1, -0.05) is 38.1 Å². The number of nitrogens with one attached hydrogen (secondary N) is 2. The molecular weight excluding hydrogens is 428 g/mol. The van der Waals surface area contributed by atoms with E-state index in [2.05, 4.69) is 15.6 Å². The fourth-order valence-corrected chi connectivity index (χ4v) is 5.19. The lowest BCUT2D eigenvalue weighted by Gasteiger charge is -2.32. The fourth-order valence-electron chi connectivity index (χ4n) is 3.70. The van der Waals surface area contributed by atoms with E-state index in [1.165, 1.54) is 4.31 Å². The molecule has 172 valence electrons. The molecule has 3 rings (SSSR count). The number of nitrogens with zero attached hydrogens (tertiary/aromatic N) is 2. The smallest absolute Gasteiger partial charge is 0.243 e. The summed E-state index contributed by atoms with van der Waals surface area (Å²) in [5.41, 5.74) is 0.738. The van der Waals surface area contributed by atoms with E-state index in [9.17, 15) is 18.0 Å². The topological polar surface area (TPSA) is 108 Å². The van der Waals surface area contributed by atoms with Crippen LogP contribution in [0.25, 0.3) is 0 Å². The number of sulfonamides is 1. The van der Waals surface area contributed by atoms with Gasteiger partial charge in [-0.15, -0.1) is 0 Å². The van der Waals surface area contributed by atoms with Gasteiger partial charge in [0.25, 0.3) is 0 Å². The summed E-state index contributed by atoms with van der Waals surface area (Å²) in [6.45, 7) is 4.58. The summed E-state index contributed by atoms with van der Waals surface area (Å²) in [5, 5.41) is 5.70. The maximum Gasteiger partial charge on any atom is 0.243 e. The molecule has 0 bridgehead atoms. The van der Waals surface area contributed by atoms with Crippen molar-refractivity contribution < 1.29 is 18.0 Å². The van der Waals surface area contributed by atoms with Crippen molar-refractivity contribution in [1.29, 1.82) is 0 Å². The lowest BCUT2D eigenvalue weighted by atomic mass is 9.95. The minimum absolute atomic E-state index is 0.0961. The molecule has 0 unspecified atom stereocenters. The van der Waals surface area contributed by atoms with Crippen LogP contribution in [0.2, 0.25) is 0 Å². The molecule has 1 aromatic carbocycles. The number of aromatic nitrogens is 1. The summed E-state index contributed by atoms with van der Waals surface area (Å²) >= 11 is 0. The van der Waals surface area contributed by atoms with Crippen LogP contribution < -0.4 is 10.6 Å². The van der Waals surface area contributed by atoms with Crippen LogP contribution in [0.1, 0.15) is 32.4 Å². The van der Waals surface area contributed by atoms with Crippen molar-refractivity contribution in [3.8, 4) is 0 Å². The van der Waals surface area contributed by atoms with E-state index in [0.29, 0.717) is 12.8 Å². The van der Waals surface area contributed by atoms with Gasteiger partial charge in [-0.25, -0.2) is 8.42 Å². The Hall–Kier alpha value is -2.78. The van der Waals surface area contributed by atoms with Gasteiger partial charge in [-0.3, -0.25) is 14.6 Å². The summed E-state index contributed by atoms with van der Waals surface area (Å²) < 4.78 is 27.0. The number of hydrogen-bond acceptors (Lipinski definition) is 5. The van der Waals surface area contributed by atoms with E-state index in [4.69, 9.17) is 0 Å². The third-order valence-corrected chi connectivity index (χ3v) is 7.54. The van der Waals surface area contributed by atoms with Crippen LogP contribution in [0.5, 0.6) is 0 Å². The first kappa shape index (κ1) is 23.9. The Morgan fingerprint density at radius 1 is 1.06 bits per heavy atom. The van der Waals surface area contributed by atoms with E-state index in [0.717, 1.165) is 5.69 Å². The van der Waals surface area contributed by atoms with E-state index in [1.54, 1.807) is 42.6 Å². The zero-order chi connectivity index (χ0) is 23.1. The third-order valence-electron chi connectivity index (χ3n) is 5.62. The van der Waals surface area contributed by atoms with Gasteiger partial charge in [0.2, 0.25) is 21.8 Å². The predicted octanol–water partition coefficient (Wildman–Crippen LogP) is 1.94. The van der Waals surface area contributed by atoms with E-state index in [-0.39, 0.29) is 48.2 Å². The SMILES string of the molecule is CC(C)[C@H](NC(=O)C1CCN(S(=O)(=O)c2ccccc2)CC1)C(=O)NCc1ccccn1. The van der Waals surface area contributed by atoms with Gasteiger partial charge in [0.1, 0.15) is 6.04 Å². The van der Waals surface area contributed by atoms with Gasteiger partial charge in [0, 0.05) is 25.2 Å². The van der Waals surface area contributed by atoms with Crippen molar-refractivity contribution in [2.75, 3.05) is 13.1 Å². The summed E-state index contributed by atoms with van der Waals surface area (Å²) in [6, 6.07) is 13.1. The molecule has 1 saturated heterocycles. The third kappa shape index (κ3) is 5.92. The fraction of sp³-hybridized carbons (Fsp3) is 0.435. The van der Waals surface area contributed by atoms with Crippen molar-refractivity contribution in [3.05, 3.63) is 60.4 Å². The van der Waals surface area contributed by atoms with Gasteiger partial charge in [-0.05, 0) is 43.0 Å². The molecule has 1 atom stereocenters. The van der Waals surface area contributed by atoms with Crippen LogP contribution >= 0.6 is 0 Å². The lowest BCUT2D eigenvalue weighted by molar-refractivity contribution is -0.132. The zero-order valence-electron chi connectivity index (χ0n) is 18.4. The number of benzene rings is 1. The van der Waals surface area contributed by atoms with Gasteiger partial charge in [-0.2, -0.15) is 4.31 Å². The van der Waals surface area contributed by atoms with Crippen molar-refractivity contribution in [3.63, 3.8) is 0 Å². The molecule has 9 heteroatoms. The van der Waals surface area contributed by atoms with Gasteiger partial charge >= 0.3 is 0 Å². The highest BCUT2D eigenvalue weighted by Gasteiger charge is 2.34. The zero-order valence-corrected chi connectivity index (χ0v) is 19.2. The molecule has 2 N–H and O–H groups in total. The molecule has 1 aromatic heterocycles. The molecule has 0 saturated carbocycles. The van der Waals surface area contributed by atoms with Crippen molar-refractivity contribution in [2.45, 2.75) is 44.2 Å². The summed E-state index contributed by atoms with van der Waals surface area (Å²) in [7, 11) is -3.56. The van der Waals surface area contributed by atoms with E-state index in [1.807, 2.05) is 26.0 Å². The standard InChI is InChI=1S/C23H30N4O4S/c1-17(2)21(23(29)25-16-19-8-6-7-13-24-19)26-22(28)18-11-14-27(15-12-18)32(30,31)20-9-4-3-5-10-20/h3-10,13,17-18,21H,11-12,14-16H2,1-2H3,(H,25,29)(H,26,28)/t21-/m0/s1. The maximum atomic E-state index is 12.8. The largest absolute Gasteiger partial charge is 0.349 e. The molecule has 0 radical (unpaired) electrons. The second-order valence-electron chi connectivity index (χ2n) is 8.26. The van der Waals surface area contributed by atoms with Gasteiger partial charge in [0.05, 0.1) is 17.1 Å². The quantitative estimate of drug-likeness (QED) is 0.628. The van der Waals surface area contributed by atoms with Crippen LogP contribution in [-0.2, 0) is 26.2 Å². The van der Waals surface area contributed by atoms with Crippen molar-refractivity contribution in [1.82, 2.24) is 19.9 Å². The van der Waals surface area contributed by atoms with Gasteiger partial charge in [0.15, 0.2) is 0 Å². The maximum absolute atomic E-state index is 12.8. The lowest BCUT2D eigenvalue weighted by Crippen LogP contribution is -2.52. The highest BCUT2D eigenvalue weighted by atomic mass is 32.2. The van der Waals surface area contributed by atoms with Crippen molar-refractivity contribution >= 4 is 21.8 Å². The van der Waals surface area contributed by atoms with Crippen LogP contribution in [0, 0.1) is 11.8 Å². The molecule has 1 aliphatic rings. The van der Waals surface area contributed by atoms with E-state index >= 15 is 0 Å². The summed E-state index contributed by atoms with van der Waals surface area (Å²) in [5.74, 6) is -0.903. The number of hydrogen-bond donors (Lipinski definition) is 2. The Balaban J connectivity index is 1.54. The Kier molecular flexibility index (Phi) is 7.98. The summed E-state index contributed by atoms with van der Waals surface area (Å²) in [4.78, 5) is 30.0. The first-order valence-electron chi connectivity index (χ1n) is 10.8. The average Bonchev–Trinajstić information content (AvgIpc) is 2.82. The molecular formula is C23H30N4O4S. The predicted molar refractivity (Wildman–Crippen MR) is 121 cm³/mol. The second kappa shape index (κ2) is 10.7.